The van der Waals surface area contributed by atoms with Crippen LogP contribution < -0.4 is 10.6 Å². The first kappa shape index (κ1) is 11.8. The Morgan fingerprint density at radius 3 is 3.11 bits per heavy atom. The van der Waals surface area contributed by atoms with Crippen LogP contribution in [0, 0.1) is 0 Å². The fraction of sp³-hybridized carbons (Fsp3) is 0.333. The monoisotopic (exact) mass is 258 g/mol. The van der Waals surface area contributed by atoms with Gasteiger partial charge in [-0.2, -0.15) is 11.3 Å². The largest absolute Gasteiger partial charge is 0.385 e. The van der Waals surface area contributed by atoms with Crippen molar-refractivity contribution in [1.82, 2.24) is 5.32 Å². The third kappa shape index (κ3) is 2.57. The lowest BCUT2D eigenvalue weighted by Crippen LogP contribution is -2.18. The standard InChI is InChI=1S/C15H18N2S/c1-3-13-5-2-7-17-15(13)14(4-1)10-16-9-12-6-8-18-11-12/h1,3-4,6,8,11,16-17H,2,5,7,9-10H2. The zero-order chi connectivity index (χ0) is 12.2. The molecule has 0 amide bonds. The number of thiophene rings is 1. The number of para-hydroxylation sites is 1. The number of hydrogen-bond donors (Lipinski definition) is 2. The van der Waals surface area contributed by atoms with Gasteiger partial charge in [0.25, 0.3) is 0 Å². The van der Waals surface area contributed by atoms with Gasteiger partial charge in [0.1, 0.15) is 0 Å². The van der Waals surface area contributed by atoms with Gasteiger partial charge in [-0.05, 0) is 46.4 Å². The molecule has 18 heavy (non-hydrogen) atoms. The second kappa shape index (κ2) is 5.55. The quantitative estimate of drug-likeness (QED) is 0.878. The maximum atomic E-state index is 3.54. The highest BCUT2D eigenvalue weighted by atomic mass is 32.1. The SMILES string of the molecule is c1cc2c(c(CNCc3ccsc3)c1)NCCC2. The Morgan fingerprint density at radius 2 is 2.22 bits per heavy atom. The van der Waals surface area contributed by atoms with Gasteiger partial charge in [-0.1, -0.05) is 18.2 Å². The molecule has 1 aromatic carbocycles. The van der Waals surface area contributed by atoms with Crippen LogP contribution in [0.4, 0.5) is 5.69 Å². The van der Waals surface area contributed by atoms with E-state index in [0.29, 0.717) is 0 Å². The molecule has 3 heteroatoms. The maximum Gasteiger partial charge on any atom is 0.0418 e. The Balaban J connectivity index is 1.65. The molecule has 2 aromatic rings. The first-order chi connectivity index (χ1) is 8.93. The Labute approximate surface area is 112 Å². The Bertz CT molecular complexity index is 505. The average molecular weight is 258 g/mol. The molecule has 0 unspecified atom stereocenters. The molecule has 0 radical (unpaired) electrons. The van der Waals surface area contributed by atoms with Crippen LogP contribution >= 0.6 is 11.3 Å². The number of fused-ring (bicyclic) bond motifs is 1. The predicted octanol–water partition coefficient (Wildman–Crippen LogP) is 3.40. The smallest absolute Gasteiger partial charge is 0.0418 e. The summed E-state index contributed by atoms with van der Waals surface area (Å²) in [6.45, 7) is 2.99. The molecule has 1 aliphatic rings. The van der Waals surface area contributed by atoms with Gasteiger partial charge in [0, 0.05) is 25.3 Å². The number of rotatable bonds is 4. The van der Waals surface area contributed by atoms with Crippen LogP contribution in [0.2, 0.25) is 0 Å². The molecule has 0 saturated heterocycles. The molecule has 3 rings (SSSR count). The molecule has 94 valence electrons. The molecule has 0 bridgehead atoms. The first-order valence-corrected chi connectivity index (χ1v) is 7.44. The number of anilines is 1. The molecular formula is C15H18N2S. The van der Waals surface area contributed by atoms with E-state index in [1.54, 1.807) is 11.3 Å². The van der Waals surface area contributed by atoms with Gasteiger partial charge < -0.3 is 10.6 Å². The number of aryl methyl sites for hydroxylation is 1. The third-order valence-corrected chi connectivity index (χ3v) is 4.12. The fourth-order valence-corrected chi connectivity index (χ4v) is 3.13. The lowest BCUT2D eigenvalue weighted by molar-refractivity contribution is 0.692. The molecule has 2 N–H and O–H groups in total. The minimum Gasteiger partial charge on any atom is -0.385 e. The van der Waals surface area contributed by atoms with Gasteiger partial charge in [0.05, 0.1) is 0 Å². The summed E-state index contributed by atoms with van der Waals surface area (Å²) in [4.78, 5) is 0. The highest BCUT2D eigenvalue weighted by molar-refractivity contribution is 7.07. The summed E-state index contributed by atoms with van der Waals surface area (Å²) in [5.41, 5.74) is 5.60. The summed E-state index contributed by atoms with van der Waals surface area (Å²) >= 11 is 1.76. The Morgan fingerprint density at radius 1 is 1.22 bits per heavy atom. The van der Waals surface area contributed by atoms with Crippen molar-refractivity contribution in [1.29, 1.82) is 0 Å². The third-order valence-electron chi connectivity index (χ3n) is 3.39. The van der Waals surface area contributed by atoms with Crippen molar-refractivity contribution in [3.63, 3.8) is 0 Å². The van der Waals surface area contributed by atoms with Gasteiger partial charge >= 0.3 is 0 Å². The number of benzene rings is 1. The fourth-order valence-electron chi connectivity index (χ4n) is 2.46. The van der Waals surface area contributed by atoms with Gasteiger partial charge in [0.15, 0.2) is 0 Å². The second-order valence-corrected chi connectivity index (χ2v) is 5.50. The van der Waals surface area contributed by atoms with Crippen molar-refractivity contribution in [3.8, 4) is 0 Å². The highest BCUT2D eigenvalue weighted by Crippen LogP contribution is 2.25. The van der Waals surface area contributed by atoms with Crippen LogP contribution in [0.15, 0.2) is 35.0 Å². The van der Waals surface area contributed by atoms with E-state index in [9.17, 15) is 0 Å². The van der Waals surface area contributed by atoms with Crippen molar-refractivity contribution < 1.29 is 0 Å². The van der Waals surface area contributed by atoms with E-state index in [1.165, 1.54) is 35.2 Å². The normalized spacial score (nSPS) is 14.0. The van der Waals surface area contributed by atoms with Crippen LogP contribution in [-0.4, -0.2) is 6.54 Å². The highest BCUT2D eigenvalue weighted by Gasteiger charge is 2.11. The summed E-state index contributed by atoms with van der Waals surface area (Å²) in [6, 6.07) is 8.81. The molecule has 1 aromatic heterocycles. The Hall–Kier alpha value is -1.32. The number of hydrogen-bond acceptors (Lipinski definition) is 3. The lowest BCUT2D eigenvalue weighted by Gasteiger charge is -2.21. The molecule has 0 atom stereocenters. The van der Waals surface area contributed by atoms with Crippen LogP contribution in [0.3, 0.4) is 0 Å². The van der Waals surface area contributed by atoms with Crippen molar-refractivity contribution in [2.24, 2.45) is 0 Å². The van der Waals surface area contributed by atoms with Gasteiger partial charge in [-0.15, -0.1) is 0 Å². The summed E-state index contributed by atoms with van der Waals surface area (Å²) in [7, 11) is 0. The molecule has 1 aliphatic heterocycles. The molecule has 0 saturated carbocycles. The molecule has 0 fully saturated rings. The topological polar surface area (TPSA) is 24.1 Å². The van der Waals surface area contributed by atoms with Crippen molar-refractivity contribution in [2.75, 3.05) is 11.9 Å². The minimum atomic E-state index is 0.937. The zero-order valence-corrected chi connectivity index (χ0v) is 11.2. The summed E-state index contributed by atoms with van der Waals surface area (Å²) in [6.07, 6.45) is 2.46. The van der Waals surface area contributed by atoms with Crippen LogP contribution in [0.1, 0.15) is 23.1 Å². The second-order valence-electron chi connectivity index (χ2n) is 4.72. The van der Waals surface area contributed by atoms with Crippen molar-refractivity contribution in [2.45, 2.75) is 25.9 Å². The van der Waals surface area contributed by atoms with E-state index >= 15 is 0 Å². The van der Waals surface area contributed by atoms with Gasteiger partial charge in [-0.25, -0.2) is 0 Å². The molecule has 2 heterocycles. The molecule has 0 spiro atoms. The Kier molecular flexibility index (Phi) is 3.62. The molecule has 0 aliphatic carbocycles. The first-order valence-electron chi connectivity index (χ1n) is 6.50. The van der Waals surface area contributed by atoms with Crippen LogP contribution in [-0.2, 0) is 19.5 Å². The van der Waals surface area contributed by atoms with E-state index in [4.69, 9.17) is 0 Å². The summed E-state index contributed by atoms with van der Waals surface area (Å²) in [5, 5.41) is 11.4. The maximum absolute atomic E-state index is 3.54. The molecule has 2 nitrogen and oxygen atoms in total. The lowest BCUT2D eigenvalue weighted by atomic mass is 9.99. The van der Waals surface area contributed by atoms with Crippen LogP contribution in [0.25, 0.3) is 0 Å². The van der Waals surface area contributed by atoms with E-state index in [-0.39, 0.29) is 0 Å². The van der Waals surface area contributed by atoms with Crippen LogP contribution in [0.5, 0.6) is 0 Å². The minimum absolute atomic E-state index is 0.937. The molecular weight excluding hydrogens is 240 g/mol. The predicted molar refractivity (Wildman–Crippen MR) is 78.1 cm³/mol. The summed E-state index contributed by atoms with van der Waals surface area (Å²) in [5.74, 6) is 0. The van der Waals surface area contributed by atoms with E-state index < -0.39 is 0 Å². The van der Waals surface area contributed by atoms with E-state index in [2.05, 4.69) is 45.7 Å². The number of nitrogens with one attached hydrogen (secondary N) is 2. The van der Waals surface area contributed by atoms with Crippen molar-refractivity contribution in [3.05, 3.63) is 51.7 Å². The average Bonchev–Trinajstić information content (AvgIpc) is 2.92. The van der Waals surface area contributed by atoms with Gasteiger partial charge in [0.2, 0.25) is 0 Å². The zero-order valence-electron chi connectivity index (χ0n) is 10.4. The van der Waals surface area contributed by atoms with Gasteiger partial charge in [-0.3, -0.25) is 0 Å². The van der Waals surface area contributed by atoms with Crippen molar-refractivity contribution >= 4 is 17.0 Å². The summed E-state index contributed by atoms with van der Waals surface area (Å²) < 4.78 is 0. The van der Waals surface area contributed by atoms with E-state index in [1.807, 2.05) is 0 Å². The van der Waals surface area contributed by atoms with E-state index in [0.717, 1.165) is 19.6 Å².